The number of halogens is 1. The molecule has 5 aromatic rings. The van der Waals surface area contributed by atoms with Gasteiger partial charge in [0.1, 0.15) is 11.9 Å². The molecule has 0 aliphatic rings. The Morgan fingerprint density at radius 1 is 0.840 bits per heavy atom. The summed E-state index contributed by atoms with van der Waals surface area (Å²) in [5.41, 5.74) is 15.6. The van der Waals surface area contributed by atoms with Gasteiger partial charge in [0.2, 0.25) is 5.91 Å². The van der Waals surface area contributed by atoms with Gasteiger partial charge in [0, 0.05) is 44.1 Å². The van der Waals surface area contributed by atoms with Crippen molar-refractivity contribution in [1.29, 1.82) is 0 Å². The zero-order valence-electron chi connectivity index (χ0n) is 28.3. The minimum atomic E-state index is -0.799. The number of aliphatic imine (C=N–C) groups is 1. The Morgan fingerprint density at radius 3 is 2.24 bits per heavy atom. The van der Waals surface area contributed by atoms with Gasteiger partial charge < -0.3 is 22.1 Å². The first-order chi connectivity index (χ1) is 24.2. The van der Waals surface area contributed by atoms with Crippen molar-refractivity contribution in [2.24, 2.45) is 16.5 Å². The van der Waals surface area contributed by atoms with Gasteiger partial charge in [-0.05, 0) is 89.5 Å². The van der Waals surface area contributed by atoms with Crippen LogP contribution in [-0.2, 0) is 24.3 Å². The highest BCUT2D eigenvalue weighted by atomic mass is 19.1. The summed E-state index contributed by atoms with van der Waals surface area (Å²) in [5.74, 6) is -0.924. The van der Waals surface area contributed by atoms with Crippen LogP contribution in [0.25, 0.3) is 10.8 Å². The molecule has 10 heteroatoms. The number of nitrogens with two attached hydrogens (primary N) is 2. The second kappa shape index (κ2) is 17.7. The molecule has 0 fully saturated rings. The van der Waals surface area contributed by atoms with Gasteiger partial charge in [-0.15, -0.1) is 0 Å². The lowest BCUT2D eigenvalue weighted by atomic mass is 9.99. The molecule has 0 saturated carbocycles. The molecule has 0 aliphatic heterocycles. The fraction of sp³-hybridized carbons (Fsp3) is 0.250. The summed E-state index contributed by atoms with van der Waals surface area (Å²) in [4.78, 5) is 37.7. The Morgan fingerprint density at radius 2 is 1.54 bits per heavy atom. The van der Waals surface area contributed by atoms with Crippen molar-refractivity contribution in [2.75, 3.05) is 13.1 Å². The molecule has 4 aromatic carbocycles. The molecule has 0 radical (unpaired) electrons. The average Bonchev–Trinajstić information content (AvgIpc) is 3.13. The molecular weight excluding hydrogens is 629 g/mol. The number of hydrogen-bond donors (Lipinski definition) is 4. The second-order valence-corrected chi connectivity index (χ2v) is 12.4. The molecule has 0 unspecified atom stereocenters. The first kappa shape index (κ1) is 35.7. The molecule has 0 bridgehead atoms. The van der Waals surface area contributed by atoms with Crippen LogP contribution in [0.4, 0.5) is 4.39 Å². The third-order valence-corrected chi connectivity index (χ3v) is 8.60. The highest BCUT2D eigenvalue weighted by molar-refractivity contribution is 5.97. The van der Waals surface area contributed by atoms with Crippen LogP contribution >= 0.6 is 0 Å². The van der Waals surface area contributed by atoms with E-state index in [1.807, 2.05) is 73.8 Å². The van der Waals surface area contributed by atoms with Crippen LogP contribution in [0.15, 0.2) is 121 Å². The van der Waals surface area contributed by atoms with E-state index < -0.39 is 6.04 Å². The van der Waals surface area contributed by atoms with Crippen molar-refractivity contribution < 1.29 is 14.0 Å². The van der Waals surface area contributed by atoms with E-state index in [0.717, 1.165) is 46.0 Å². The maximum absolute atomic E-state index is 13.6. The first-order valence-corrected chi connectivity index (χ1v) is 16.8. The van der Waals surface area contributed by atoms with Crippen LogP contribution in [0.3, 0.4) is 0 Å². The lowest BCUT2D eigenvalue weighted by molar-refractivity contribution is -0.123. The van der Waals surface area contributed by atoms with Crippen molar-refractivity contribution in [1.82, 2.24) is 20.5 Å². The number of benzene rings is 4. The van der Waals surface area contributed by atoms with Gasteiger partial charge in [-0.2, -0.15) is 0 Å². The number of hydrogen-bond acceptors (Lipinski definition) is 5. The predicted octanol–water partition coefficient (Wildman–Crippen LogP) is 5.65. The zero-order valence-corrected chi connectivity index (χ0v) is 28.3. The highest BCUT2D eigenvalue weighted by Gasteiger charge is 2.24. The Labute approximate surface area is 292 Å². The summed E-state index contributed by atoms with van der Waals surface area (Å²) in [6.07, 6.45) is 5.28. The monoisotopic (exact) mass is 673 g/mol. The molecule has 6 N–H and O–H groups in total. The van der Waals surface area contributed by atoms with Gasteiger partial charge >= 0.3 is 0 Å². The molecular formula is C40H44FN7O2. The normalized spacial score (nSPS) is 12.3. The zero-order chi connectivity index (χ0) is 35.3. The summed E-state index contributed by atoms with van der Waals surface area (Å²) >= 11 is 0. The Balaban J connectivity index is 1.25. The van der Waals surface area contributed by atoms with E-state index in [2.05, 4.69) is 31.6 Å². The van der Waals surface area contributed by atoms with Crippen molar-refractivity contribution in [3.63, 3.8) is 0 Å². The number of guanidine groups is 1. The molecule has 0 aliphatic carbocycles. The Kier molecular flexibility index (Phi) is 12.6. The summed E-state index contributed by atoms with van der Waals surface area (Å²) in [5, 5.41) is 8.19. The number of pyridine rings is 1. The summed E-state index contributed by atoms with van der Waals surface area (Å²) in [6.45, 7) is 4.30. The number of nitrogens with zero attached hydrogens (tertiary/aromatic N) is 3. The number of amides is 2. The van der Waals surface area contributed by atoms with Crippen molar-refractivity contribution in [3.05, 3.63) is 149 Å². The quantitative estimate of drug-likeness (QED) is 0.0607. The molecule has 0 saturated heterocycles. The lowest BCUT2D eigenvalue weighted by Gasteiger charge is -2.23. The van der Waals surface area contributed by atoms with Crippen LogP contribution in [0.1, 0.15) is 58.4 Å². The van der Waals surface area contributed by atoms with Crippen LogP contribution < -0.4 is 22.1 Å². The summed E-state index contributed by atoms with van der Waals surface area (Å²) in [6, 6.07) is 30.9. The number of carbonyl (C=O) groups is 2. The maximum atomic E-state index is 13.6. The Bertz CT molecular complexity index is 1870. The van der Waals surface area contributed by atoms with Gasteiger partial charge in [-0.25, -0.2) is 4.39 Å². The summed E-state index contributed by atoms with van der Waals surface area (Å²) in [7, 11) is 0. The van der Waals surface area contributed by atoms with Crippen LogP contribution in [0.5, 0.6) is 0 Å². The molecule has 2 amide bonds. The van der Waals surface area contributed by atoms with Crippen LogP contribution in [0, 0.1) is 5.82 Å². The number of nitrogens with one attached hydrogen (secondary N) is 2. The molecule has 258 valence electrons. The van der Waals surface area contributed by atoms with E-state index in [1.54, 1.807) is 30.5 Å². The van der Waals surface area contributed by atoms with E-state index in [9.17, 15) is 14.0 Å². The van der Waals surface area contributed by atoms with Crippen molar-refractivity contribution in [3.8, 4) is 0 Å². The minimum Gasteiger partial charge on any atom is -0.370 e. The second-order valence-electron chi connectivity index (χ2n) is 12.4. The van der Waals surface area contributed by atoms with Gasteiger partial charge in [0.05, 0.1) is 6.04 Å². The molecule has 50 heavy (non-hydrogen) atoms. The van der Waals surface area contributed by atoms with E-state index in [0.29, 0.717) is 38.0 Å². The van der Waals surface area contributed by atoms with Crippen molar-refractivity contribution in [2.45, 2.75) is 51.4 Å². The Hall–Kier alpha value is -5.61. The van der Waals surface area contributed by atoms with Crippen LogP contribution in [0.2, 0.25) is 0 Å². The van der Waals surface area contributed by atoms with E-state index >= 15 is 0 Å². The van der Waals surface area contributed by atoms with Crippen molar-refractivity contribution >= 4 is 28.5 Å². The van der Waals surface area contributed by atoms with E-state index in [1.165, 1.54) is 12.1 Å². The molecule has 2 atom stereocenters. The lowest BCUT2D eigenvalue weighted by Crippen LogP contribution is -2.47. The third-order valence-electron chi connectivity index (χ3n) is 8.60. The van der Waals surface area contributed by atoms with Gasteiger partial charge in [0.25, 0.3) is 5.91 Å². The number of rotatable bonds is 16. The fourth-order valence-corrected chi connectivity index (χ4v) is 5.95. The molecule has 5 rings (SSSR count). The van der Waals surface area contributed by atoms with Crippen LogP contribution in [-0.4, -0.2) is 46.8 Å². The minimum absolute atomic E-state index is 0.0204. The standard InChI is InChI=1S/C40H44FN7O2/c1-28(35-11-4-9-32-8-2-3-10-36(32)35)46-39(50)37(12-6-23-45-40(42)43)47-38(49)33-17-13-30(14-18-33)26-48(24-21-29-7-5-22-44-25-29)27-31-15-19-34(41)20-16-31/h2-5,7-11,13-20,22,25,28,37H,6,12,21,23-24,26-27H2,1H3,(H,46,50)(H,47,49)(H4,42,43,45)/t28-,37-/m0/s1. The topological polar surface area (TPSA) is 139 Å². The fourth-order valence-electron chi connectivity index (χ4n) is 5.95. The third kappa shape index (κ3) is 10.4. The van der Waals surface area contributed by atoms with Gasteiger partial charge in [-0.1, -0.05) is 72.8 Å². The SMILES string of the molecule is C[C@H](NC(=O)[C@H](CCCN=C(N)N)NC(=O)c1ccc(CN(CCc2cccnc2)Cc2ccc(F)cc2)cc1)c1cccc2ccccc12. The largest absolute Gasteiger partial charge is 0.370 e. The number of fused-ring (bicyclic) bond motifs is 1. The molecule has 9 nitrogen and oxygen atoms in total. The van der Waals surface area contributed by atoms with E-state index in [4.69, 9.17) is 11.5 Å². The molecule has 0 spiro atoms. The van der Waals surface area contributed by atoms with Gasteiger partial charge in [0.15, 0.2) is 5.96 Å². The van der Waals surface area contributed by atoms with Gasteiger partial charge in [-0.3, -0.25) is 24.5 Å². The number of aromatic nitrogens is 1. The maximum Gasteiger partial charge on any atom is 0.251 e. The highest BCUT2D eigenvalue weighted by Crippen LogP contribution is 2.24. The average molecular weight is 674 g/mol. The van der Waals surface area contributed by atoms with E-state index in [-0.39, 0.29) is 29.6 Å². The number of carbonyl (C=O) groups excluding carboxylic acids is 2. The smallest absolute Gasteiger partial charge is 0.251 e. The molecule has 1 heterocycles. The summed E-state index contributed by atoms with van der Waals surface area (Å²) < 4.78 is 13.6. The first-order valence-electron chi connectivity index (χ1n) is 16.8. The molecule has 1 aromatic heterocycles. The predicted molar refractivity (Wildman–Crippen MR) is 197 cm³/mol.